The number of carbonyl (C=O) groups excluding carboxylic acids is 2. The molecule has 2 aromatic carbocycles. The van der Waals surface area contributed by atoms with Gasteiger partial charge in [-0.15, -0.1) is 0 Å². The van der Waals surface area contributed by atoms with E-state index in [2.05, 4.69) is 15.7 Å². The van der Waals surface area contributed by atoms with Gasteiger partial charge in [-0.2, -0.15) is 5.10 Å². The molecule has 0 saturated carbocycles. The van der Waals surface area contributed by atoms with E-state index in [0.717, 1.165) is 5.56 Å². The molecule has 9 nitrogen and oxygen atoms in total. The Labute approximate surface area is 205 Å². The van der Waals surface area contributed by atoms with Crippen LogP contribution in [0.2, 0.25) is 10.0 Å². The molecule has 11 heteroatoms. The highest BCUT2D eigenvalue weighted by Gasteiger charge is 2.37. The molecule has 4 rings (SSSR count). The number of fused-ring (bicyclic) bond motifs is 1. The molecule has 0 radical (unpaired) electrons. The van der Waals surface area contributed by atoms with E-state index in [1.807, 2.05) is 6.07 Å². The summed E-state index contributed by atoms with van der Waals surface area (Å²) in [6.07, 6.45) is -0.126. The number of carbonyl (C=O) groups is 2. The van der Waals surface area contributed by atoms with E-state index in [-0.39, 0.29) is 24.8 Å². The van der Waals surface area contributed by atoms with Crippen molar-refractivity contribution in [3.63, 3.8) is 0 Å². The Morgan fingerprint density at radius 2 is 1.85 bits per heavy atom. The molecular weight excluding hydrogens is 483 g/mol. The van der Waals surface area contributed by atoms with Crippen molar-refractivity contribution in [2.45, 2.75) is 19.1 Å². The fourth-order valence-electron chi connectivity index (χ4n) is 3.81. The van der Waals surface area contributed by atoms with E-state index in [1.165, 1.54) is 4.68 Å². The summed E-state index contributed by atoms with van der Waals surface area (Å²) in [6.45, 7) is 0.210. The molecule has 0 spiro atoms. The summed E-state index contributed by atoms with van der Waals surface area (Å²) < 4.78 is 17.6. The lowest BCUT2D eigenvalue weighted by Crippen LogP contribution is -2.24. The maximum absolute atomic E-state index is 12.8. The standard InChI is InChI=1S/C23H22Cl2N4O5/c1-32-11-16-21(12-4-7-18(33-2)19(8-12)34-3)22-27-23(31)17(29(22)28-16)10-20(30)26-13-5-6-14(24)15(25)9-13/h4-9,17H,10-11H2,1-3H3,(H,26,30)(H,27,31). The second-order valence-corrected chi connectivity index (χ2v) is 8.32. The molecule has 1 aliphatic heterocycles. The molecule has 2 heterocycles. The molecule has 3 aromatic rings. The Bertz CT molecular complexity index is 1260. The first-order valence-electron chi connectivity index (χ1n) is 10.2. The molecule has 2 N–H and O–H groups in total. The normalized spacial score (nSPS) is 14.5. The highest BCUT2D eigenvalue weighted by atomic mass is 35.5. The summed E-state index contributed by atoms with van der Waals surface area (Å²) >= 11 is 11.9. The summed E-state index contributed by atoms with van der Waals surface area (Å²) in [5.74, 6) is 0.881. The summed E-state index contributed by atoms with van der Waals surface area (Å²) in [4.78, 5) is 25.5. The van der Waals surface area contributed by atoms with Gasteiger partial charge in [-0.25, -0.2) is 4.68 Å². The Balaban J connectivity index is 1.65. The van der Waals surface area contributed by atoms with Crippen LogP contribution in [0.15, 0.2) is 36.4 Å². The Morgan fingerprint density at radius 1 is 1.09 bits per heavy atom. The van der Waals surface area contributed by atoms with Crippen LogP contribution in [0, 0.1) is 0 Å². The van der Waals surface area contributed by atoms with Gasteiger partial charge in [-0.3, -0.25) is 9.59 Å². The predicted molar refractivity (Wildman–Crippen MR) is 129 cm³/mol. The van der Waals surface area contributed by atoms with Crippen LogP contribution in [0.4, 0.5) is 11.5 Å². The molecule has 1 aromatic heterocycles. The third-order valence-corrected chi connectivity index (χ3v) is 6.10. The maximum Gasteiger partial charge on any atom is 0.251 e. The zero-order valence-corrected chi connectivity index (χ0v) is 20.2. The molecule has 0 bridgehead atoms. The zero-order valence-electron chi connectivity index (χ0n) is 18.6. The molecule has 1 aliphatic rings. The van der Waals surface area contributed by atoms with Crippen molar-refractivity contribution in [2.75, 3.05) is 32.0 Å². The summed E-state index contributed by atoms with van der Waals surface area (Å²) in [5, 5.41) is 10.9. The third kappa shape index (κ3) is 4.54. The zero-order chi connectivity index (χ0) is 24.4. The number of hydrogen-bond acceptors (Lipinski definition) is 6. The van der Waals surface area contributed by atoms with Crippen molar-refractivity contribution in [1.82, 2.24) is 9.78 Å². The summed E-state index contributed by atoms with van der Waals surface area (Å²) in [6, 6.07) is 9.34. The van der Waals surface area contributed by atoms with Crippen molar-refractivity contribution >= 4 is 46.5 Å². The number of nitrogens with one attached hydrogen (secondary N) is 2. The molecule has 0 aliphatic carbocycles. The lowest BCUT2D eigenvalue weighted by Gasteiger charge is -2.11. The van der Waals surface area contributed by atoms with Crippen molar-refractivity contribution in [1.29, 1.82) is 0 Å². The third-order valence-electron chi connectivity index (χ3n) is 5.36. The van der Waals surface area contributed by atoms with E-state index in [9.17, 15) is 9.59 Å². The number of anilines is 2. The molecule has 34 heavy (non-hydrogen) atoms. The van der Waals surface area contributed by atoms with Gasteiger partial charge in [0.25, 0.3) is 5.91 Å². The average molecular weight is 505 g/mol. The van der Waals surface area contributed by atoms with E-state index >= 15 is 0 Å². The van der Waals surface area contributed by atoms with E-state index in [0.29, 0.717) is 44.3 Å². The highest BCUT2D eigenvalue weighted by molar-refractivity contribution is 6.42. The van der Waals surface area contributed by atoms with Crippen molar-refractivity contribution in [3.05, 3.63) is 52.1 Å². The lowest BCUT2D eigenvalue weighted by molar-refractivity contribution is -0.123. The van der Waals surface area contributed by atoms with E-state index in [4.69, 9.17) is 37.4 Å². The second-order valence-electron chi connectivity index (χ2n) is 7.50. The molecule has 2 amide bonds. The van der Waals surface area contributed by atoms with Crippen molar-refractivity contribution in [3.8, 4) is 22.6 Å². The van der Waals surface area contributed by atoms with Gasteiger partial charge in [0.2, 0.25) is 5.91 Å². The number of aromatic nitrogens is 2. The van der Waals surface area contributed by atoms with Gasteiger partial charge in [-0.1, -0.05) is 29.3 Å². The first kappa shape index (κ1) is 23.9. The average Bonchev–Trinajstić information content (AvgIpc) is 3.30. The predicted octanol–water partition coefficient (Wildman–Crippen LogP) is 4.54. The largest absolute Gasteiger partial charge is 0.493 e. The van der Waals surface area contributed by atoms with Gasteiger partial charge in [0, 0.05) is 12.8 Å². The van der Waals surface area contributed by atoms with Gasteiger partial charge >= 0.3 is 0 Å². The maximum atomic E-state index is 12.8. The van der Waals surface area contributed by atoms with E-state index < -0.39 is 6.04 Å². The minimum absolute atomic E-state index is 0.126. The van der Waals surface area contributed by atoms with Crippen LogP contribution < -0.4 is 20.1 Å². The van der Waals surface area contributed by atoms with Crippen LogP contribution in [0.3, 0.4) is 0 Å². The smallest absolute Gasteiger partial charge is 0.251 e. The number of ether oxygens (including phenoxy) is 3. The molecule has 178 valence electrons. The topological polar surface area (TPSA) is 104 Å². The summed E-state index contributed by atoms with van der Waals surface area (Å²) in [7, 11) is 4.66. The number of amides is 2. The molecular formula is C23H22Cl2N4O5. The summed E-state index contributed by atoms with van der Waals surface area (Å²) in [5.41, 5.74) is 2.53. The second kappa shape index (κ2) is 9.92. The van der Waals surface area contributed by atoms with E-state index in [1.54, 1.807) is 51.7 Å². The van der Waals surface area contributed by atoms with Crippen LogP contribution in [0.5, 0.6) is 11.5 Å². The fraction of sp³-hybridized carbons (Fsp3) is 0.261. The SMILES string of the molecule is COCc1nn2c(c1-c1ccc(OC)c(OC)c1)NC(=O)C2CC(=O)Nc1ccc(Cl)c(Cl)c1. The number of hydrogen-bond donors (Lipinski definition) is 2. The van der Waals surface area contributed by atoms with Crippen LogP contribution >= 0.6 is 23.2 Å². The van der Waals surface area contributed by atoms with Gasteiger partial charge in [0.15, 0.2) is 11.5 Å². The quantitative estimate of drug-likeness (QED) is 0.466. The van der Waals surface area contributed by atoms with Crippen LogP contribution in [-0.4, -0.2) is 42.9 Å². The molecule has 0 fully saturated rings. The molecule has 0 saturated heterocycles. The molecule has 1 atom stereocenters. The van der Waals surface area contributed by atoms with Gasteiger partial charge in [-0.05, 0) is 35.9 Å². The minimum atomic E-state index is -0.831. The molecule has 1 unspecified atom stereocenters. The number of nitrogens with zero attached hydrogens (tertiary/aromatic N) is 2. The Morgan fingerprint density at radius 3 is 2.53 bits per heavy atom. The van der Waals surface area contributed by atoms with Crippen molar-refractivity contribution < 1.29 is 23.8 Å². The number of halogens is 2. The Hall–Kier alpha value is -3.27. The first-order valence-corrected chi connectivity index (χ1v) is 11.0. The number of methoxy groups -OCH3 is 3. The Kier molecular flexibility index (Phi) is 6.97. The van der Waals surface area contributed by atoms with Crippen LogP contribution in [-0.2, 0) is 20.9 Å². The van der Waals surface area contributed by atoms with Crippen LogP contribution in [0.25, 0.3) is 11.1 Å². The number of benzene rings is 2. The highest BCUT2D eigenvalue weighted by Crippen LogP contribution is 2.41. The lowest BCUT2D eigenvalue weighted by atomic mass is 10.0. The fourth-order valence-corrected chi connectivity index (χ4v) is 4.11. The number of rotatable bonds is 8. The van der Waals surface area contributed by atoms with Crippen LogP contribution in [0.1, 0.15) is 18.2 Å². The van der Waals surface area contributed by atoms with Gasteiger partial charge in [0.05, 0.1) is 48.5 Å². The van der Waals surface area contributed by atoms with Crippen molar-refractivity contribution in [2.24, 2.45) is 0 Å². The minimum Gasteiger partial charge on any atom is -0.493 e. The first-order chi connectivity index (χ1) is 16.4. The monoisotopic (exact) mass is 504 g/mol. The van der Waals surface area contributed by atoms with Gasteiger partial charge in [0.1, 0.15) is 11.9 Å². The van der Waals surface area contributed by atoms with Gasteiger partial charge < -0.3 is 24.8 Å².